The van der Waals surface area contributed by atoms with Crippen molar-refractivity contribution in [1.82, 2.24) is 19.6 Å². The van der Waals surface area contributed by atoms with Gasteiger partial charge in [0.1, 0.15) is 0 Å². The van der Waals surface area contributed by atoms with Crippen LogP contribution in [0.1, 0.15) is 73.7 Å². The minimum atomic E-state index is -4.63. The average Bonchev–Trinajstić information content (AvgIpc) is 2.99. The largest absolute Gasteiger partial charge is 0.435 e. The fourth-order valence-electron chi connectivity index (χ4n) is 4.23. The number of piperidine rings is 2. The normalized spacial score (nSPS) is 20.5. The van der Waals surface area contributed by atoms with E-state index in [1.165, 1.54) is 4.68 Å². The lowest BCUT2D eigenvalue weighted by Crippen LogP contribution is -2.39. The van der Waals surface area contributed by atoms with E-state index < -0.39 is 17.8 Å². The van der Waals surface area contributed by atoms with E-state index in [9.17, 15) is 18.0 Å². The SMILES string of the molecule is Cc1c(C(=O)N2CCCCC2)c(C(F)(F)F)nn1C1CCN(C(C)C)CC1. The molecule has 5 nitrogen and oxygen atoms in total. The first-order valence-corrected chi connectivity index (χ1v) is 9.89. The van der Waals surface area contributed by atoms with Crippen molar-refractivity contribution in [2.75, 3.05) is 26.2 Å². The lowest BCUT2D eigenvalue weighted by molar-refractivity contribution is -0.142. The summed E-state index contributed by atoms with van der Waals surface area (Å²) < 4.78 is 42.4. The van der Waals surface area contributed by atoms with E-state index in [1.54, 1.807) is 11.8 Å². The molecule has 27 heavy (non-hydrogen) atoms. The highest BCUT2D eigenvalue weighted by Crippen LogP contribution is 2.36. The summed E-state index contributed by atoms with van der Waals surface area (Å²) in [6.07, 6.45) is -0.440. The Bertz CT molecular complexity index is 669. The highest BCUT2D eigenvalue weighted by Gasteiger charge is 2.42. The van der Waals surface area contributed by atoms with E-state index in [4.69, 9.17) is 0 Å². The highest BCUT2D eigenvalue weighted by molar-refractivity contribution is 5.96. The van der Waals surface area contributed by atoms with Crippen molar-refractivity contribution in [3.63, 3.8) is 0 Å². The Morgan fingerprint density at radius 3 is 2.19 bits per heavy atom. The molecule has 0 saturated carbocycles. The Morgan fingerprint density at radius 2 is 1.67 bits per heavy atom. The van der Waals surface area contributed by atoms with E-state index in [-0.39, 0.29) is 11.6 Å². The zero-order valence-corrected chi connectivity index (χ0v) is 16.3. The van der Waals surface area contributed by atoms with E-state index in [1.807, 2.05) is 0 Å². The number of likely N-dealkylation sites (tertiary alicyclic amines) is 2. The zero-order valence-electron chi connectivity index (χ0n) is 16.3. The Morgan fingerprint density at radius 1 is 1.07 bits per heavy atom. The van der Waals surface area contributed by atoms with Crippen LogP contribution in [0.15, 0.2) is 0 Å². The highest BCUT2D eigenvalue weighted by atomic mass is 19.4. The molecule has 0 N–H and O–H groups in total. The van der Waals surface area contributed by atoms with Gasteiger partial charge in [-0.1, -0.05) is 0 Å². The molecule has 1 aromatic rings. The molecule has 0 spiro atoms. The van der Waals surface area contributed by atoms with Crippen molar-refractivity contribution in [2.24, 2.45) is 0 Å². The number of hydrogen-bond donors (Lipinski definition) is 0. The van der Waals surface area contributed by atoms with Crippen LogP contribution >= 0.6 is 0 Å². The number of amides is 1. The molecule has 0 bridgehead atoms. The number of carbonyl (C=O) groups excluding carboxylic acids is 1. The number of alkyl halides is 3. The summed E-state index contributed by atoms with van der Waals surface area (Å²) in [4.78, 5) is 16.8. The van der Waals surface area contributed by atoms with Crippen LogP contribution < -0.4 is 0 Å². The van der Waals surface area contributed by atoms with Gasteiger partial charge in [0.15, 0.2) is 5.69 Å². The molecule has 2 saturated heterocycles. The van der Waals surface area contributed by atoms with Gasteiger partial charge >= 0.3 is 6.18 Å². The molecular weight excluding hydrogens is 357 g/mol. The molecule has 152 valence electrons. The molecule has 2 aliphatic rings. The lowest BCUT2D eigenvalue weighted by Gasteiger charge is -2.35. The van der Waals surface area contributed by atoms with Gasteiger partial charge in [0.25, 0.3) is 5.91 Å². The van der Waals surface area contributed by atoms with Crippen LogP contribution in [-0.2, 0) is 6.18 Å². The maximum absolute atomic E-state index is 13.6. The molecule has 0 atom stereocenters. The quantitative estimate of drug-likeness (QED) is 0.792. The molecule has 1 aromatic heterocycles. The van der Waals surface area contributed by atoms with Crippen LogP contribution in [0.25, 0.3) is 0 Å². The molecule has 0 unspecified atom stereocenters. The first kappa shape index (κ1) is 20.2. The van der Waals surface area contributed by atoms with E-state index >= 15 is 0 Å². The van der Waals surface area contributed by atoms with Crippen molar-refractivity contribution in [2.45, 2.75) is 71.1 Å². The standard InChI is InChI=1S/C19H29F3N4O/c1-13(2)24-11-7-15(8-12-24)26-14(3)16(17(23-26)19(20,21)22)18(27)25-9-5-4-6-10-25/h13,15H,4-12H2,1-3H3. The van der Waals surface area contributed by atoms with Crippen LogP contribution in [0.3, 0.4) is 0 Å². The van der Waals surface area contributed by atoms with Gasteiger partial charge < -0.3 is 9.80 Å². The van der Waals surface area contributed by atoms with Crippen LogP contribution in [0.5, 0.6) is 0 Å². The third kappa shape index (κ3) is 4.15. The molecular formula is C19H29F3N4O. The smallest absolute Gasteiger partial charge is 0.339 e. The minimum Gasteiger partial charge on any atom is -0.339 e. The molecule has 2 fully saturated rings. The first-order valence-electron chi connectivity index (χ1n) is 9.89. The van der Waals surface area contributed by atoms with E-state index in [0.29, 0.717) is 24.8 Å². The second-order valence-electron chi connectivity index (χ2n) is 7.97. The molecule has 8 heteroatoms. The van der Waals surface area contributed by atoms with Gasteiger partial charge in [-0.25, -0.2) is 0 Å². The topological polar surface area (TPSA) is 41.4 Å². The van der Waals surface area contributed by atoms with Gasteiger partial charge in [0.05, 0.1) is 11.6 Å². The summed E-state index contributed by atoms with van der Waals surface area (Å²) in [5.41, 5.74) is -0.932. The number of hydrogen-bond acceptors (Lipinski definition) is 3. The first-order chi connectivity index (χ1) is 12.7. The number of rotatable bonds is 3. The van der Waals surface area contributed by atoms with Gasteiger partial charge in [-0.15, -0.1) is 0 Å². The molecule has 1 amide bonds. The molecule has 0 aromatic carbocycles. The molecule has 0 radical (unpaired) electrons. The van der Waals surface area contributed by atoms with Crippen LogP contribution in [0.2, 0.25) is 0 Å². The fourth-order valence-corrected chi connectivity index (χ4v) is 4.23. The number of nitrogens with zero attached hydrogens (tertiary/aromatic N) is 4. The summed E-state index contributed by atoms with van der Waals surface area (Å²) in [7, 11) is 0. The van der Waals surface area contributed by atoms with Crippen LogP contribution in [0.4, 0.5) is 13.2 Å². The van der Waals surface area contributed by atoms with Gasteiger partial charge in [-0.2, -0.15) is 18.3 Å². The number of halogens is 3. The zero-order chi connectivity index (χ0) is 19.8. The van der Waals surface area contributed by atoms with Crippen LogP contribution in [-0.4, -0.2) is 57.7 Å². The Balaban J connectivity index is 1.90. The fraction of sp³-hybridized carbons (Fsp3) is 0.789. The summed E-state index contributed by atoms with van der Waals surface area (Å²) in [5.74, 6) is -0.523. The summed E-state index contributed by atoms with van der Waals surface area (Å²) >= 11 is 0. The second kappa shape index (κ2) is 7.81. The monoisotopic (exact) mass is 386 g/mol. The summed E-state index contributed by atoms with van der Waals surface area (Å²) in [6, 6.07) is 0.329. The van der Waals surface area contributed by atoms with Gasteiger partial charge in [0.2, 0.25) is 0 Å². The van der Waals surface area contributed by atoms with Gasteiger partial charge in [-0.05, 0) is 52.9 Å². The maximum atomic E-state index is 13.6. The van der Waals surface area contributed by atoms with Crippen molar-refractivity contribution >= 4 is 5.91 Å². The van der Waals surface area contributed by atoms with E-state index in [2.05, 4.69) is 23.8 Å². The Labute approximate surface area is 158 Å². The van der Waals surface area contributed by atoms with Crippen molar-refractivity contribution < 1.29 is 18.0 Å². The van der Waals surface area contributed by atoms with Gasteiger partial charge in [0, 0.05) is 37.9 Å². The number of aromatic nitrogens is 2. The van der Waals surface area contributed by atoms with Crippen LogP contribution in [0, 0.1) is 6.92 Å². The third-order valence-corrected chi connectivity index (χ3v) is 5.85. The molecule has 3 heterocycles. The van der Waals surface area contributed by atoms with E-state index in [0.717, 1.165) is 45.2 Å². The minimum absolute atomic E-state index is 0.0935. The summed E-state index contributed by atoms with van der Waals surface area (Å²) in [5, 5.41) is 3.92. The molecule has 3 rings (SSSR count). The molecule has 0 aliphatic carbocycles. The van der Waals surface area contributed by atoms with Gasteiger partial charge in [-0.3, -0.25) is 9.48 Å². The molecule has 2 aliphatic heterocycles. The van der Waals surface area contributed by atoms with Crippen molar-refractivity contribution in [3.05, 3.63) is 17.0 Å². The van der Waals surface area contributed by atoms with Crippen molar-refractivity contribution in [3.8, 4) is 0 Å². The predicted octanol–water partition coefficient (Wildman–Crippen LogP) is 3.88. The second-order valence-corrected chi connectivity index (χ2v) is 7.97. The lowest BCUT2D eigenvalue weighted by atomic mass is 10.0. The van der Waals surface area contributed by atoms with Crippen molar-refractivity contribution in [1.29, 1.82) is 0 Å². The number of carbonyl (C=O) groups is 1. The third-order valence-electron chi connectivity index (χ3n) is 5.85. The maximum Gasteiger partial charge on any atom is 0.435 e. The Hall–Kier alpha value is -1.57. The predicted molar refractivity (Wildman–Crippen MR) is 96.7 cm³/mol. The average molecular weight is 386 g/mol. The summed E-state index contributed by atoms with van der Waals surface area (Å²) in [6.45, 7) is 8.55. The Kier molecular flexibility index (Phi) is 5.84.